The Labute approximate surface area is 62.0 Å². The molecule has 0 bridgehead atoms. The van der Waals surface area contributed by atoms with E-state index in [1.165, 1.54) is 0 Å². The van der Waals surface area contributed by atoms with E-state index in [0.29, 0.717) is 13.0 Å². The van der Waals surface area contributed by atoms with E-state index in [4.69, 9.17) is 9.47 Å². The molecule has 0 aromatic rings. The lowest BCUT2D eigenvalue weighted by molar-refractivity contribution is -0.195. The van der Waals surface area contributed by atoms with E-state index in [1.807, 2.05) is 6.92 Å². The highest BCUT2D eigenvalue weighted by molar-refractivity contribution is 4.29. The molecule has 0 aliphatic heterocycles. The Balaban J connectivity index is 2.89. The fourth-order valence-electron chi connectivity index (χ4n) is 0.445. The van der Waals surface area contributed by atoms with Gasteiger partial charge in [-0.15, -0.1) is 0 Å². The summed E-state index contributed by atoms with van der Waals surface area (Å²) < 4.78 is 9.65. The molecule has 0 aliphatic carbocycles. The smallest absolute Gasteiger partial charge is 0.193 e. The quantitative estimate of drug-likeness (QED) is 0.422. The van der Waals surface area contributed by atoms with E-state index in [2.05, 4.69) is 0 Å². The summed E-state index contributed by atoms with van der Waals surface area (Å²) >= 11 is 0. The van der Waals surface area contributed by atoms with Crippen LogP contribution in [0, 0.1) is 0 Å². The van der Waals surface area contributed by atoms with E-state index in [0.717, 1.165) is 6.42 Å². The predicted octanol–water partition coefficient (Wildman–Crippen LogP) is 1.55. The molecule has 0 heterocycles. The Bertz CT molecular complexity index is 65.9. The van der Waals surface area contributed by atoms with Crippen molar-refractivity contribution in [1.82, 2.24) is 0 Å². The molecule has 1 unspecified atom stereocenters. The van der Waals surface area contributed by atoms with Gasteiger partial charge >= 0.3 is 0 Å². The van der Waals surface area contributed by atoms with Crippen LogP contribution in [0.3, 0.4) is 0 Å². The van der Waals surface area contributed by atoms with E-state index in [-0.39, 0.29) is 6.79 Å². The van der Waals surface area contributed by atoms with Crippen LogP contribution < -0.4 is 0 Å². The normalized spacial score (nSPS) is 13.5. The molecular formula is C7H15O3. The van der Waals surface area contributed by atoms with Gasteiger partial charge in [0.1, 0.15) is 6.79 Å². The highest BCUT2D eigenvalue weighted by atomic mass is 16.7. The topological polar surface area (TPSA) is 38.4 Å². The second-order valence-electron chi connectivity index (χ2n) is 2.03. The molecule has 10 heavy (non-hydrogen) atoms. The van der Waals surface area contributed by atoms with Gasteiger partial charge in [0.05, 0.1) is 0 Å². The third-order valence-corrected chi connectivity index (χ3v) is 1.02. The van der Waals surface area contributed by atoms with Crippen molar-refractivity contribution in [3.63, 3.8) is 0 Å². The van der Waals surface area contributed by atoms with Gasteiger partial charge < -0.3 is 9.47 Å². The second kappa shape index (κ2) is 6.99. The van der Waals surface area contributed by atoms with Crippen molar-refractivity contribution in [1.29, 1.82) is 0 Å². The first-order valence-electron chi connectivity index (χ1n) is 3.66. The third kappa shape index (κ3) is 6.01. The Morgan fingerprint density at radius 1 is 1.40 bits per heavy atom. The van der Waals surface area contributed by atoms with Crippen molar-refractivity contribution in [3.05, 3.63) is 0 Å². The summed E-state index contributed by atoms with van der Waals surface area (Å²) in [5.41, 5.74) is 0. The van der Waals surface area contributed by atoms with Crippen molar-refractivity contribution < 1.29 is 14.6 Å². The molecule has 3 nitrogen and oxygen atoms in total. The van der Waals surface area contributed by atoms with Crippen LogP contribution in [0.25, 0.3) is 0 Å². The predicted molar refractivity (Wildman–Crippen MR) is 37.0 cm³/mol. The summed E-state index contributed by atoms with van der Waals surface area (Å²) in [6.45, 7) is 4.60. The maximum absolute atomic E-state index is 10.6. The fourth-order valence-corrected chi connectivity index (χ4v) is 0.445. The molecule has 0 fully saturated rings. The summed E-state index contributed by atoms with van der Waals surface area (Å²) in [5.74, 6) is 0. The third-order valence-electron chi connectivity index (χ3n) is 1.02. The van der Waals surface area contributed by atoms with Crippen LogP contribution in [0.2, 0.25) is 0 Å². The Morgan fingerprint density at radius 2 is 2.10 bits per heavy atom. The molecular weight excluding hydrogens is 132 g/mol. The molecule has 0 amide bonds. The highest BCUT2D eigenvalue weighted by Crippen LogP contribution is 1.93. The van der Waals surface area contributed by atoms with Crippen LogP contribution in [0.15, 0.2) is 0 Å². The SMILES string of the molecule is CCCOCOC([O])CC. The van der Waals surface area contributed by atoms with Crippen molar-refractivity contribution in [2.24, 2.45) is 0 Å². The lowest BCUT2D eigenvalue weighted by Crippen LogP contribution is -2.11. The molecule has 0 rings (SSSR count). The van der Waals surface area contributed by atoms with E-state index in [1.54, 1.807) is 6.92 Å². The molecule has 0 aromatic heterocycles. The number of hydrogen-bond donors (Lipinski definition) is 0. The van der Waals surface area contributed by atoms with Gasteiger partial charge in [0, 0.05) is 6.61 Å². The Morgan fingerprint density at radius 3 is 2.60 bits per heavy atom. The molecule has 0 saturated carbocycles. The van der Waals surface area contributed by atoms with Crippen molar-refractivity contribution in [2.75, 3.05) is 13.4 Å². The Kier molecular flexibility index (Phi) is 6.91. The number of rotatable bonds is 6. The van der Waals surface area contributed by atoms with Crippen LogP contribution >= 0.6 is 0 Å². The lowest BCUT2D eigenvalue weighted by Gasteiger charge is -2.06. The van der Waals surface area contributed by atoms with Crippen molar-refractivity contribution in [2.45, 2.75) is 33.0 Å². The molecule has 0 aromatic carbocycles. The first-order valence-corrected chi connectivity index (χ1v) is 3.66. The minimum atomic E-state index is -0.920. The van der Waals surface area contributed by atoms with Gasteiger partial charge in [-0.25, -0.2) is 5.11 Å². The summed E-state index contributed by atoms with van der Waals surface area (Å²) in [4.78, 5) is 0. The molecule has 1 atom stereocenters. The van der Waals surface area contributed by atoms with Gasteiger partial charge in [-0.1, -0.05) is 13.8 Å². The standard InChI is InChI=1S/C7H15O3/c1-3-5-9-6-10-7(8)4-2/h7H,3-6H2,1-2H3. The van der Waals surface area contributed by atoms with E-state index < -0.39 is 6.29 Å². The van der Waals surface area contributed by atoms with Crippen LogP contribution in [0.1, 0.15) is 26.7 Å². The largest absolute Gasteiger partial charge is 0.355 e. The lowest BCUT2D eigenvalue weighted by atomic mass is 10.5. The molecule has 0 aliphatic rings. The molecule has 0 spiro atoms. The van der Waals surface area contributed by atoms with Gasteiger partial charge in [0.2, 0.25) is 0 Å². The average Bonchev–Trinajstić information content (AvgIpc) is 1.98. The first kappa shape index (κ1) is 9.88. The summed E-state index contributed by atoms with van der Waals surface area (Å²) in [7, 11) is 0. The minimum Gasteiger partial charge on any atom is -0.355 e. The molecule has 61 valence electrons. The number of hydrogen-bond acceptors (Lipinski definition) is 2. The number of ether oxygens (including phenoxy) is 2. The zero-order valence-electron chi connectivity index (χ0n) is 6.63. The van der Waals surface area contributed by atoms with Gasteiger partial charge in [-0.05, 0) is 12.8 Å². The minimum absolute atomic E-state index is 0.135. The van der Waals surface area contributed by atoms with Crippen LogP contribution in [-0.2, 0) is 14.6 Å². The maximum atomic E-state index is 10.6. The van der Waals surface area contributed by atoms with E-state index >= 15 is 0 Å². The monoisotopic (exact) mass is 147 g/mol. The van der Waals surface area contributed by atoms with Crippen molar-refractivity contribution in [3.8, 4) is 0 Å². The highest BCUT2D eigenvalue weighted by Gasteiger charge is 1.99. The average molecular weight is 147 g/mol. The van der Waals surface area contributed by atoms with Crippen LogP contribution in [0.5, 0.6) is 0 Å². The first-order chi connectivity index (χ1) is 4.81. The van der Waals surface area contributed by atoms with Crippen LogP contribution in [-0.4, -0.2) is 19.7 Å². The summed E-state index contributed by atoms with van der Waals surface area (Å²) in [6.07, 6.45) is 0.533. The second-order valence-corrected chi connectivity index (χ2v) is 2.03. The van der Waals surface area contributed by atoms with Gasteiger partial charge in [-0.2, -0.15) is 0 Å². The summed E-state index contributed by atoms with van der Waals surface area (Å²) in [6, 6.07) is 0. The van der Waals surface area contributed by atoms with Gasteiger partial charge in [0.25, 0.3) is 0 Å². The zero-order valence-corrected chi connectivity index (χ0v) is 6.63. The molecule has 3 heteroatoms. The molecule has 0 N–H and O–H groups in total. The summed E-state index contributed by atoms with van der Waals surface area (Å²) in [5, 5.41) is 10.6. The Hall–Kier alpha value is -0.120. The molecule has 0 saturated heterocycles. The van der Waals surface area contributed by atoms with Crippen LogP contribution in [0.4, 0.5) is 0 Å². The van der Waals surface area contributed by atoms with Gasteiger partial charge in [0.15, 0.2) is 6.29 Å². The maximum Gasteiger partial charge on any atom is 0.193 e. The van der Waals surface area contributed by atoms with E-state index in [9.17, 15) is 5.11 Å². The van der Waals surface area contributed by atoms with Crippen molar-refractivity contribution >= 4 is 0 Å². The molecule has 1 radical (unpaired) electrons. The zero-order chi connectivity index (χ0) is 7.82. The fraction of sp³-hybridized carbons (Fsp3) is 1.00. The van der Waals surface area contributed by atoms with Gasteiger partial charge in [-0.3, -0.25) is 0 Å².